The van der Waals surface area contributed by atoms with Gasteiger partial charge in [-0.1, -0.05) is 227 Å². The van der Waals surface area contributed by atoms with Crippen molar-refractivity contribution in [3.8, 4) is 85.4 Å². The molecule has 0 saturated carbocycles. The topological polar surface area (TPSA) is 108 Å². The van der Waals surface area contributed by atoms with Crippen LogP contribution in [0.1, 0.15) is 121 Å². The average molecular weight is 1930 g/mol. The summed E-state index contributed by atoms with van der Waals surface area (Å²) in [4.78, 5) is 21.9. The third-order valence-corrected chi connectivity index (χ3v) is 26.9. The van der Waals surface area contributed by atoms with Gasteiger partial charge in [0.25, 0.3) is 29.1 Å². The van der Waals surface area contributed by atoms with Gasteiger partial charge in [0.2, 0.25) is 0 Å². The molecule has 25 aromatic rings. The molecule has 728 valence electrons. The Bertz CT molecular complexity index is 8540. The summed E-state index contributed by atoms with van der Waals surface area (Å²) in [5, 5.41) is 6.16. The van der Waals surface area contributed by atoms with E-state index in [1.807, 2.05) is 282 Å². The minimum Gasteiger partial charge on any atom is -0.264 e. The highest BCUT2D eigenvalue weighted by Crippen LogP contribution is 2.40. The number of imidazole rings is 5. The zero-order valence-electron chi connectivity index (χ0n) is 94.2. The molecule has 0 unspecified atom stereocenters. The Morgan fingerprint density at radius 2 is 0.466 bits per heavy atom. The van der Waals surface area contributed by atoms with Crippen molar-refractivity contribution in [3.05, 3.63) is 451 Å². The maximum atomic E-state index is 8.27. The number of pyridine rings is 5. The number of aromatic nitrogens is 15. The summed E-state index contributed by atoms with van der Waals surface area (Å²) >= 11 is 0. The fraction of sp³-hybridized carbons (Fsp3) is 0.160. The highest BCUT2D eigenvalue weighted by Gasteiger charge is 2.35. The number of para-hydroxylation sites is 11. The zero-order valence-corrected chi connectivity index (χ0v) is 79.2. The van der Waals surface area contributed by atoms with Crippen LogP contribution in [-0.2, 0) is 35.2 Å². The second kappa shape index (κ2) is 43.3. The molecule has 0 atom stereocenters. The summed E-state index contributed by atoms with van der Waals surface area (Å²) in [6, 6.07) is 117. The second-order valence-corrected chi connectivity index (χ2v) is 35.5. The molecule has 0 N–H and O–H groups in total. The smallest absolute Gasteiger partial charge is 0.264 e. The molecule has 0 aliphatic rings. The number of fused-ring (bicyclic) bond motifs is 10. The van der Waals surface area contributed by atoms with Gasteiger partial charge in [0, 0.05) is 90.7 Å². The third kappa shape index (κ3) is 18.6. The summed E-state index contributed by atoms with van der Waals surface area (Å²) in [6.45, 7) is -1.07. The summed E-state index contributed by atoms with van der Waals surface area (Å²) in [6.07, 6.45) is 10.3. The van der Waals surface area contributed by atoms with Gasteiger partial charge >= 0.3 is 0 Å². The number of hydrogen-bond acceptors (Lipinski definition) is 5. The molecule has 0 bridgehead atoms. The van der Waals surface area contributed by atoms with Gasteiger partial charge in [-0.05, 0) is 300 Å². The van der Waals surface area contributed by atoms with Crippen LogP contribution in [0.4, 0.5) is 0 Å². The van der Waals surface area contributed by atoms with E-state index in [1.54, 1.807) is 61.4 Å². The van der Waals surface area contributed by atoms with Crippen molar-refractivity contribution < 1.29 is 43.4 Å². The van der Waals surface area contributed by atoms with Gasteiger partial charge < -0.3 is 0 Å². The fourth-order valence-electron chi connectivity index (χ4n) is 19.9. The van der Waals surface area contributed by atoms with Gasteiger partial charge in [-0.2, -0.15) is 22.8 Å². The SMILES string of the molecule is C.C.C.C.C.C.[2H]C([2H])([2H])c1cc2cccnc2cc1-n1c(-c2ccccc2C)[n+](C)c2ccccc21.[2H]C([2H])([2H])c1cc2ccncc2cc1-n1c(-c2ccccc2C)[n+](C)c2ccccc21.[2H]C([2H])([2H])c1cc2cnccc2cc1-n1c(-c2ccccc2C)[n+](C)c2ccccc21.[2H]C([2H])([2H])c1cc2ncccc2cc1-n1c(-c2ccccc2C)[n+](C)c2ccccc21.[2H]C([2H])([2H])c1nc2ccccc2cc1-n1c(-c2ccccc2C)[n+](C)c2ccccc21. The van der Waals surface area contributed by atoms with Crippen LogP contribution in [0.2, 0.25) is 0 Å². The Morgan fingerprint density at radius 1 is 0.212 bits per heavy atom. The highest BCUT2D eigenvalue weighted by atomic mass is 15.2. The molecular weight excluding hydrogens is 1780 g/mol. The van der Waals surface area contributed by atoms with Crippen molar-refractivity contribution in [2.24, 2.45) is 35.2 Å². The van der Waals surface area contributed by atoms with Crippen molar-refractivity contribution >= 4 is 109 Å². The first-order chi connectivity index (χ1) is 74.3. The Hall–Kier alpha value is -17.3. The molecule has 146 heavy (non-hydrogen) atoms. The molecule has 25 rings (SSSR count). The largest absolute Gasteiger partial charge is 0.295 e. The quantitative estimate of drug-likeness (QED) is 0.127. The minimum atomic E-state index is -2.35. The minimum absolute atomic E-state index is 0. The molecule has 15 nitrogen and oxygen atoms in total. The van der Waals surface area contributed by atoms with Crippen molar-refractivity contribution in [3.63, 3.8) is 0 Å². The van der Waals surface area contributed by atoms with Crippen LogP contribution in [0.25, 0.3) is 195 Å². The van der Waals surface area contributed by atoms with Crippen LogP contribution in [0, 0.1) is 68.9 Å². The zero-order chi connectivity index (χ0) is 109. The number of benzene rings is 15. The van der Waals surface area contributed by atoms with E-state index in [0.29, 0.717) is 56.2 Å². The number of aryl methyl sites for hydroxylation is 15. The van der Waals surface area contributed by atoms with Gasteiger partial charge in [0.1, 0.15) is 22.7 Å². The molecule has 15 aromatic carbocycles. The molecule has 15 heteroatoms. The summed E-state index contributed by atoms with van der Waals surface area (Å²) < 4.78 is 145. The monoisotopic (exact) mass is 1930 g/mol. The van der Waals surface area contributed by atoms with E-state index in [9.17, 15) is 0 Å². The number of hydrogen-bond donors (Lipinski definition) is 0. The Labute approximate surface area is 880 Å². The predicted octanol–water partition coefficient (Wildman–Crippen LogP) is 30.3. The Kier molecular flexibility index (Phi) is 25.0. The highest BCUT2D eigenvalue weighted by molar-refractivity contribution is 5.93. The predicted molar refractivity (Wildman–Crippen MR) is 614 cm³/mol. The van der Waals surface area contributed by atoms with E-state index < -0.39 is 34.3 Å². The van der Waals surface area contributed by atoms with Crippen molar-refractivity contribution in [2.45, 2.75) is 113 Å². The average Bonchev–Trinajstić information content (AvgIpc) is 1.60. The lowest BCUT2D eigenvalue weighted by atomic mass is 10.1. The number of rotatable bonds is 10. The molecule has 0 spiro atoms. The molecule has 10 aromatic heterocycles. The first-order valence-corrected chi connectivity index (χ1v) is 46.5. The van der Waals surface area contributed by atoms with Crippen molar-refractivity contribution in [1.82, 2.24) is 47.8 Å². The molecule has 0 aliphatic carbocycles. The standard InChI is InChI=1S/5C25H22N3.6CH4/c1-17-10-4-6-12-20(17)25-27(3)22-14-8-9-15-23(22)28(25)24-16-19-11-5-7-13-21(19)26-18(24)2;1-17-9-4-5-11-20(17)25-27(3)22-12-6-7-13-23(22)28(25)24-16-19-10-8-14-26-21(19)15-18(24)2;1-17-9-4-5-11-20(17)25-27(3)22-12-6-7-13-23(22)28(25)24-16-21-19(15-18(24)2)10-8-14-26-21;1-17-8-4-5-9-21(17)25-27(3)22-10-6-7-11-23(22)28(25)24-15-19-12-13-26-16-20(19)14-18(24)2;1-17-8-4-5-9-21(17)25-27(3)22-10-6-7-11-23(22)28(25)24-15-20-16-26-13-12-19(20)14-18(24)2;;;;;;/h5*4-16H,1-3H3;6*1H4/q5*+1;;;;;;/i5*2D3;;;;;;. The van der Waals surface area contributed by atoms with Crippen LogP contribution in [0.5, 0.6) is 0 Å². The summed E-state index contributed by atoms with van der Waals surface area (Å²) in [5.74, 6) is 4.67. The van der Waals surface area contributed by atoms with E-state index in [4.69, 9.17) is 20.6 Å². The van der Waals surface area contributed by atoms with Crippen LogP contribution in [0.3, 0.4) is 0 Å². The lowest BCUT2D eigenvalue weighted by Crippen LogP contribution is -2.30. The first-order valence-electron chi connectivity index (χ1n) is 54.0. The summed E-state index contributed by atoms with van der Waals surface area (Å²) in [5.41, 5.74) is 27.4. The van der Waals surface area contributed by atoms with Crippen molar-refractivity contribution in [1.29, 1.82) is 0 Å². The Balaban J connectivity index is 0.000000147. The van der Waals surface area contributed by atoms with Gasteiger partial charge in [-0.25, -0.2) is 27.8 Å². The van der Waals surface area contributed by atoms with E-state index in [2.05, 4.69) is 192 Å². The molecular formula is C131H134N15+5. The molecule has 0 saturated heterocycles. The van der Waals surface area contributed by atoms with Gasteiger partial charge in [-0.15, -0.1) is 0 Å². The van der Waals surface area contributed by atoms with Crippen molar-refractivity contribution in [2.75, 3.05) is 0 Å². The normalized spacial score (nSPS) is 12.9. The summed E-state index contributed by atoms with van der Waals surface area (Å²) in [7, 11) is 10.1. The third-order valence-electron chi connectivity index (χ3n) is 26.9. The van der Waals surface area contributed by atoms with E-state index in [-0.39, 0.29) is 55.8 Å². The first kappa shape index (κ1) is 84.4. The van der Waals surface area contributed by atoms with Crippen LogP contribution >= 0.6 is 0 Å². The molecule has 0 fully saturated rings. The van der Waals surface area contributed by atoms with Gasteiger partial charge in [0.15, 0.2) is 60.9 Å². The van der Waals surface area contributed by atoms with Gasteiger partial charge in [0.05, 0.1) is 85.3 Å². The molecule has 0 radical (unpaired) electrons. The maximum absolute atomic E-state index is 8.27. The molecule has 0 aliphatic heterocycles. The van der Waals surface area contributed by atoms with Gasteiger partial charge in [-0.3, -0.25) is 19.9 Å². The maximum Gasteiger partial charge on any atom is 0.295 e. The molecule has 10 heterocycles. The van der Waals surface area contributed by atoms with Crippen LogP contribution < -0.4 is 22.8 Å². The fourth-order valence-corrected chi connectivity index (χ4v) is 19.9. The lowest BCUT2D eigenvalue weighted by Gasteiger charge is -2.09. The Morgan fingerprint density at radius 3 is 0.829 bits per heavy atom. The lowest BCUT2D eigenvalue weighted by molar-refractivity contribution is -0.634. The van der Waals surface area contributed by atoms with E-state index in [1.165, 1.54) is 0 Å². The van der Waals surface area contributed by atoms with E-state index >= 15 is 0 Å². The number of nitrogens with zero attached hydrogens (tertiary/aromatic N) is 15. The van der Waals surface area contributed by atoms with E-state index in [0.717, 1.165) is 183 Å². The van der Waals surface area contributed by atoms with Crippen LogP contribution in [-0.4, -0.2) is 47.8 Å². The van der Waals surface area contributed by atoms with Crippen LogP contribution in [0.15, 0.2) is 395 Å². The second-order valence-electron chi connectivity index (χ2n) is 35.5. The molecule has 0 amide bonds.